The number of pyridine rings is 2. The first-order chi connectivity index (χ1) is 40.7. The number of nitrogens with zero attached hydrogens (tertiary/aromatic N) is 8. The number of ether oxygens (including phenoxy) is 6. The van der Waals surface area contributed by atoms with Crippen LogP contribution in [0.1, 0.15) is 103 Å². The second-order valence-electron chi connectivity index (χ2n) is 23.5. The number of hydrogen-bond acceptors (Lipinski definition) is 15. The van der Waals surface area contributed by atoms with Gasteiger partial charge in [-0.25, -0.2) is 29.9 Å². The number of methoxy groups -OCH3 is 2. The van der Waals surface area contributed by atoms with Crippen LogP contribution in [0.3, 0.4) is 0 Å². The number of nitrogen functional groups attached to an aromatic ring is 1. The van der Waals surface area contributed by atoms with Crippen LogP contribution in [0.15, 0.2) is 146 Å². The van der Waals surface area contributed by atoms with Gasteiger partial charge in [0.15, 0.2) is 11.6 Å². The summed E-state index contributed by atoms with van der Waals surface area (Å²) in [7, 11) is 3.36. The number of nitrogens with two attached hydrogens (primary N) is 1. The molecule has 8 atom stereocenters. The topological polar surface area (TPSA) is 193 Å². The highest BCUT2D eigenvalue weighted by Crippen LogP contribution is 2.51. The summed E-state index contributed by atoms with van der Waals surface area (Å²) in [6.45, 7) is 9.40. The summed E-state index contributed by atoms with van der Waals surface area (Å²) >= 11 is 6.35. The number of nitrogens with one attached hydrogen (secondary N) is 2. The lowest BCUT2D eigenvalue weighted by molar-refractivity contribution is -0.160. The highest BCUT2D eigenvalue weighted by atomic mass is 35.5. The molecule has 18 heteroatoms. The number of fused-ring (bicyclic) bond motifs is 6. The lowest BCUT2D eigenvalue weighted by Crippen LogP contribution is -2.27. The molecule has 0 spiro atoms. The minimum atomic E-state index is -0.621. The average Bonchev–Trinajstić information content (AvgIpc) is 1.87. The van der Waals surface area contributed by atoms with E-state index in [2.05, 4.69) is 125 Å². The molecule has 2 aliphatic carbocycles. The normalized spacial score (nSPS) is 22.4. The molecule has 2 saturated heterocycles. The zero-order chi connectivity index (χ0) is 57.7. The monoisotopic (exact) mass is 1180 g/mol. The first kappa shape index (κ1) is 59.8. The number of benzene rings is 4. The predicted octanol–water partition coefficient (Wildman–Crippen LogP) is 14.1. The Bertz CT molecular complexity index is 3730. The molecule has 4 aromatic carbocycles. The molecule has 0 radical (unpaired) electrons. The average molecular weight is 1180 g/mol. The molecule has 2 aliphatic heterocycles. The second-order valence-corrected chi connectivity index (χ2v) is 23.9. The summed E-state index contributed by atoms with van der Waals surface area (Å²) in [5.74, 6) is 3.38. The number of hydrogen-bond donors (Lipinski definition) is 3. The number of anilines is 3. The Labute approximate surface area is 508 Å². The molecule has 4 aliphatic rings. The van der Waals surface area contributed by atoms with Crippen molar-refractivity contribution in [3.05, 3.63) is 174 Å². The first-order valence-electron chi connectivity index (χ1n) is 29.0. The van der Waals surface area contributed by atoms with Crippen LogP contribution < -0.4 is 25.8 Å². The summed E-state index contributed by atoms with van der Waals surface area (Å²) in [6, 6.07) is 41.9. The van der Waals surface area contributed by atoms with Crippen LogP contribution in [0.2, 0.25) is 5.15 Å². The largest absolute Gasteiger partial charge is 0.497 e. The van der Waals surface area contributed by atoms with E-state index in [4.69, 9.17) is 55.7 Å². The van der Waals surface area contributed by atoms with Crippen molar-refractivity contribution >= 4 is 72.9 Å². The van der Waals surface area contributed by atoms with Gasteiger partial charge in [0, 0.05) is 36.3 Å². The van der Waals surface area contributed by atoms with Crippen molar-refractivity contribution in [3.8, 4) is 11.5 Å². The van der Waals surface area contributed by atoms with Gasteiger partial charge in [-0.3, -0.25) is 0 Å². The third kappa shape index (κ3) is 12.4. The standard InChI is InChI=1S/C33H34ClN5O3.C33H36N6O3.2CH4/c2*1-33(2)41-29-23(17-27(30(29)42-33)39-15-14-25-31(34)36-19-37-32(25)39)9-5-20-4-8-22-10-13-28(38-26(22)16-20)35-18-21-6-11-24(40-3)12-7-21;;/h4,6-8,10-16,19,23,27,29-30H,5,9,17-18H2,1-3H3,(H,35,38);4,6-8,10-16,19,23,27,29-30H,5,9,17-18H2,1-3H3,(H,35,38)(H2,34,36,37);2*1H4/t2*23-,27+,29+,30-;;/m00../s1. The van der Waals surface area contributed by atoms with Gasteiger partial charge < -0.3 is 53.9 Å². The van der Waals surface area contributed by atoms with Crippen molar-refractivity contribution < 1.29 is 28.4 Å². The summed E-state index contributed by atoms with van der Waals surface area (Å²) in [5, 5.41) is 11.4. The van der Waals surface area contributed by atoms with Crippen molar-refractivity contribution in [2.45, 2.75) is 142 Å². The Hall–Kier alpha value is -7.93. The van der Waals surface area contributed by atoms with Gasteiger partial charge >= 0.3 is 0 Å². The predicted molar refractivity (Wildman–Crippen MR) is 341 cm³/mol. The molecule has 4 N–H and O–H groups in total. The zero-order valence-corrected chi connectivity index (χ0v) is 48.9. The van der Waals surface area contributed by atoms with Crippen molar-refractivity contribution in [2.24, 2.45) is 11.8 Å². The summed E-state index contributed by atoms with van der Waals surface area (Å²) in [4.78, 5) is 27.2. The smallest absolute Gasteiger partial charge is 0.163 e. The van der Waals surface area contributed by atoms with Gasteiger partial charge in [0.2, 0.25) is 0 Å². The molecule has 86 heavy (non-hydrogen) atoms. The van der Waals surface area contributed by atoms with Crippen LogP contribution in [0.4, 0.5) is 17.5 Å². The third-order valence-electron chi connectivity index (χ3n) is 17.2. The van der Waals surface area contributed by atoms with E-state index >= 15 is 0 Å². The summed E-state index contributed by atoms with van der Waals surface area (Å²) in [6.07, 6.45) is 12.9. The molecule has 0 bridgehead atoms. The van der Waals surface area contributed by atoms with Gasteiger partial charge in [-0.2, -0.15) is 0 Å². The van der Waals surface area contributed by atoms with Crippen LogP contribution >= 0.6 is 11.6 Å². The van der Waals surface area contributed by atoms with E-state index in [0.717, 1.165) is 106 Å². The Balaban J connectivity index is 0.000000175. The van der Waals surface area contributed by atoms with E-state index < -0.39 is 11.6 Å². The minimum Gasteiger partial charge on any atom is -0.497 e. The number of halogens is 1. The van der Waals surface area contributed by atoms with Crippen molar-refractivity contribution in [2.75, 3.05) is 30.6 Å². The maximum absolute atomic E-state index is 6.48. The Kier molecular flexibility index (Phi) is 17.2. The van der Waals surface area contributed by atoms with E-state index in [1.807, 2.05) is 76.2 Å². The molecule has 448 valence electrons. The van der Waals surface area contributed by atoms with Crippen LogP contribution in [0, 0.1) is 11.8 Å². The molecule has 10 aromatic rings. The molecule has 4 fully saturated rings. The molecule has 8 heterocycles. The quantitative estimate of drug-likeness (QED) is 0.0773. The molecular weight excluding hydrogens is 1100 g/mol. The first-order valence-corrected chi connectivity index (χ1v) is 29.4. The lowest BCUT2D eigenvalue weighted by Gasteiger charge is -2.24. The number of rotatable bonds is 16. The molecular formula is C68H78ClN11O6. The lowest BCUT2D eigenvalue weighted by atomic mass is 9.95. The van der Waals surface area contributed by atoms with Crippen LogP contribution in [-0.2, 0) is 44.9 Å². The van der Waals surface area contributed by atoms with E-state index in [0.29, 0.717) is 35.9 Å². The van der Waals surface area contributed by atoms with Crippen molar-refractivity contribution in [1.82, 2.24) is 39.0 Å². The fourth-order valence-corrected chi connectivity index (χ4v) is 13.3. The van der Waals surface area contributed by atoms with E-state index in [9.17, 15) is 0 Å². The number of aryl methyl sites for hydroxylation is 2. The van der Waals surface area contributed by atoms with Gasteiger partial charge in [-0.1, -0.05) is 75.0 Å². The van der Waals surface area contributed by atoms with Crippen LogP contribution in [0.25, 0.3) is 43.9 Å². The van der Waals surface area contributed by atoms with Crippen molar-refractivity contribution in [1.29, 1.82) is 0 Å². The molecule has 17 nitrogen and oxygen atoms in total. The summed E-state index contributed by atoms with van der Waals surface area (Å²) < 4.78 is 40.8. The van der Waals surface area contributed by atoms with Gasteiger partial charge in [0.05, 0.1) is 60.3 Å². The molecule has 0 amide bonds. The van der Waals surface area contributed by atoms with Crippen LogP contribution in [0.5, 0.6) is 11.5 Å². The number of aromatic nitrogens is 8. The second kappa shape index (κ2) is 24.8. The minimum absolute atomic E-state index is 0. The molecule has 0 unspecified atom stereocenters. The molecule has 2 saturated carbocycles. The zero-order valence-electron chi connectivity index (χ0n) is 48.1. The van der Waals surface area contributed by atoms with Crippen molar-refractivity contribution in [3.63, 3.8) is 0 Å². The van der Waals surface area contributed by atoms with E-state index in [-0.39, 0.29) is 51.4 Å². The highest BCUT2D eigenvalue weighted by Gasteiger charge is 2.55. The maximum atomic E-state index is 6.48. The summed E-state index contributed by atoms with van der Waals surface area (Å²) in [5.41, 5.74) is 14.7. The molecule has 14 rings (SSSR count). The maximum Gasteiger partial charge on any atom is 0.163 e. The van der Waals surface area contributed by atoms with Gasteiger partial charge in [-0.05, 0) is 173 Å². The van der Waals surface area contributed by atoms with Gasteiger partial charge in [0.1, 0.15) is 70.3 Å². The Morgan fingerprint density at radius 2 is 0.953 bits per heavy atom. The highest BCUT2D eigenvalue weighted by molar-refractivity contribution is 6.33. The Morgan fingerprint density at radius 1 is 0.535 bits per heavy atom. The Morgan fingerprint density at radius 3 is 1.43 bits per heavy atom. The fourth-order valence-electron chi connectivity index (χ4n) is 13.1. The van der Waals surface area contributed by atoms with E-state index in [1.54, 1.807) is 14.2 Å². The van der Waals surface area contributed by atoms with E-state index in [1.165, 1.54) is 34.9 Å². The van der Waals surface area contributed by atoms with Gasteiger partial charge in [-0.15, -0.1) is 0 Å². The third-order valence-corrected chi connectivity index (χ3v) is 17.5. The van der Waals surface area contributed by atoms with Crippen LogP contribution in [-0.4, -0.2) is 89.2 Å². The van der Waals surface area contributed by atoms with Gasteiger partial charge in [0.25, 0.3) is 0 Å². The fraction of sp³-hybridized carbons (Fsp3) is 0.382. The molecule has 6 aromatic heterocycles. The SMILES string of the molecule is C.C.COc1ccc(CNc2ccc3ccc(CC[C@H]4C[C@@H](n5ccc6c(Cl)ncnc65)[C@@H]5OC(C)(C)O[C@H]45)cc3n2)cc1.COc1ccc(CNc2ccc3ccc(CC[C@H]4C[C@@H](n5ccc6c(N)ncnc65)[C@@H]5OC(C)(C)O[C@H]45)cc3n2)cc1.